The second-order valence-electron chi connectivity index (χ2n) is 5.21. The number of hydrogen-bond acceptors (Lipinski definition) is 3. The van der Waals surface area contributed by atoms with Crippen LogP contribution in [0, 0.1) is 11.8 Å². The summed E-state index contributed by atoms with van der Waals surface area (Å²) in [7, 11) is 0. The fraction of sp³-hybridized carbons (Fsp3) is 0.909. The lowest BCUT2D eigenvalue weighted by molar-refractivity contribution is -0.122. The summed E-state index contributed by atoms with van der Waals surface area (Å²) >= 11 is 0. The van der Waals surface area contributed by atoms with Crippen LogP contribution in [0.1, 0.15) is 12.8 Å². The summed E-state index contributed by atoms with van der Waals surface area (Å²) in [6.07, 6.45) is 2.36. The molecule has 0 spiro atoms. The molecule has 2 atom stereocenters. The number of nitrogens with zero attached hydrogens (tertiary/aromatic N) is 1. The quantitative estimate of drug-likeness (QED) is 0.653. The second-order valence-corrected chi connectivity index (χ2v) is 5.21. The average molecular weight is 209 g/mol. The van der Waals surface area contributed by atoms with E-state index in [0.717, 1.165) is 38.0 Å². The highest BCUT2D eigenvalue weighted by atomic mass is 16.2. The van der Waals surface area contributed by atoms with Gasteiger partial charge in [0.05, 0.1) is 6.54 Å². The van der Waals surface area contributed by atoms with Crippen molar-refractivity contribution in [1.29, 1.82) is 0 Å². The van der Waals surface area contributed by atoms with Gasteiger partial charge in [0.2, 0.25) is 5.91 Å². The zero-order chi connectivity index (χ0) is 10.3. The Morgan fingerprint density at radius 1 is 1.27 bits per heavy atom. The molecular weight excluding hydrogens is 190 g/mol. The van der Waals surface area contributed by atoms with Gasteiger partial charge in [-0.05, 0) is 37.8 Å². The van der Waals surface area contributed by atoms with Crippen molar-refractivity contribution in [3.05, 3.63) is 0 Å². The molecule has 4 heteroatoms. The number of carbonyl (C=O) groups excluding carboxylic acids is 1. The lowest BCUT2D eigenvalue weighted by Crippen LogP contribution is -2.38. The van der Waals surface area contributed by atoms with Crippen LogP contribution in [0.25, 0.3) is 0 Å². The first kappa shape index (κ1) is 9.60. The molecule has 1 aliphatic carbocycles. The molecule has 0 radical (unpaired) electrons. The van der Waals surface area contributed by atoms with E-state index < -0.39 is 0 Å². The molecule has 2 N–H and O–H groups in total. The van der Waals surface area contributed by atoms with Gasteiger partial charge in [-0.3, -0.25) is 9.69 Å². The Morgan fingerprint density at radius 3 is 2.53 bits per heavy atom. The van der Waals surface area contributed by atoms with E-state index in [2.05, 4.69) is 15.5 Å². The van der Waals surface area contributed by atoms with E-state index in [-0.39, 0.29) is 5.91 Å². The van der Waals surface area contributed by atoms with Crippen molar-refractivity contribution in [2.75, 3.05) is 32.7 Å². The van der Waals surface area contributed by atoms with Gasteiger partial charge in [-0.2, -0.15) is 0 Å². The minimum absolute atomic E-state index is 0.227. The van der Waals surface area contributed by atoms with Gasteiger partial charge >= 0.3 is 0 Å². The van der Waals surface area contributed by atoms with Gasteiger partial charge < -0.3 is 10.6 Å². The molecule has 3 aliphatic rings. The molecule has 0 aromatic carbocycles. The van der Waals surface area contributed by atoms with Gasteiger partial charge in [0.25, 0.3) is 0 Å². The fourth-order valence-corrected chi connectivity index (χ4v) is 2.79. The first-order valence-corrected chi connectivity index (χ1v) is 6.03. The number of fused-ring (bicyclic) bond motifs is 1. The lowest BCUT2D eigenvalue weighted by Gasteiger charge is -2.16. The summed E-state index contributed by atoms with van der Waals surface area (Å²) in [5.41, 5.74) is 0. The number of rotatable bonds is 3. The molecular formula is C11H19N3O. The summed E-state index contributed by atoms with van der Waals surface area (Å²) in [6.45, 7) is 5.12. The Balaban J connectivity index is 1.45. The van der Waals surface area contributed by atoms with E-state index in [1.807, 2.05) is 0 Å². The van der Waals surface area contributed by atoms with Crippen LogP contribution in [0.15, 0.2) is 0 Å². The predicted molar refractivity (Wildman–Crippen MR) is 57.5 cm³/mol. The molecule has 0 aromatic rings. The molecule has 15 heavy (non-hydrogen) atoms. The molecule has 3 fully saturated rings. The Kier molecular flexibility index (Phi) is 2.41. The Hall–Kier alpha value is -0.610. The number of hydrogen-bond donors (Lipinski definition) is 2. The van der Waals surface area contributed by atoms with Gasteiger partial charge in [-0.15, -0.1) is 0 Å². The molecule has 1 amide bonds. The smallest absolute Gasteiger partial charge is 0.234 e. The Labute approximate surface area is 90.4 Å². The SMILES string of the molecule is O=C(CN1CC2CNCC2C1)NC1CC1. The van der Waals surface area contributed by atoms with Gasteiger partial charge in [0.15, 0.2) is 0 Å². The predicted octanol–water partition coefficient (Wildman–Crippen LogP) is -0.584. The van der Waals surface area contributed by atoms with Crippen molar-refractivity contribution in [1.82, 2.24) is 15.5 Å². The molecule has 84 valence electrons. The van der Waals surface area contributed by atoms with Crippen LogP contribution >= 0.6 is 0 Å². The largest absolute Gasteiger partial charge is 0.352 e. The number of nitrogens with one attached hydrogen (secondary N) is 2. The molecule has 2 saturated heterocycles. The maximum atomic E-state index is 11.6. The number of amides is 1. The van der Waals surface area contributed by atoms with Crippen LogP contribution in [-0.4, -0.2) is 49.6 Å². The monoisotopic (exact) mass is 209 g/mol. The summed E-state index contributed by atoms with van der Waals surface area (Å²) in [5, 5.41) is 6.46. The molecule has 2 aliphatic heterocycles. The highest BCUT2D eigenvalue weighted by molar-refractivity contribution is 5.78. The molecule has 0 aromatic heterocycles. The minimum Gasteiger partial charge on any atom is -0.352 e. The topological polar surface area (TPSA) is 44.4 Å². The Bertz CT molecular complexity index is 253. The molecule has 3 rings (SSSR count). The van der Waals surface area contributed by atoms with Crippen molar-refractivity contribution in [3.63, 3.8) is 0 Å². The van der Waals surface area contributed by atoms with Crippen molar-refractivity contribution >= 4 is 5.91 Å². The van der Waals surface area contributed by atoms with Crippen LogP contribution in [0.5, 0.6) is 0 Å². The molecule has 2 heterocycles. The molecule has 1 saturated carbocycles. The normalized spacial score (nSPS) is 35.5. The average Bonchev–Trinajstić information content (AvgIpc) is 2.73. The lowest BCUT2D eigenvalue weighted by atomic mass is 10.0. The van der Waals surface area contributed by atoms with E-state index >= 15 is 0 Å². The summed E-state index contributed by atoms with van der Waals surface area (Å²) in [6, 6.07) is 0.501. The first-order valence-electron chi connectivity index (χ1n) is 6.03. The summed E-state index contributed by atoms with van der Waals surface area (Å²) < 4.78 is 0. The van der Waals surface area contributed by atoms with Gasteiger partial charge in [-0.25, -0.2) is 0 Å². The standard InChI is InChI=1S/C11H19N3O/c15-11(13-10-1-2-10)7-14-5-8-3-12-4-9(8)6-14/h8-10,12H,1-7H2,(H,13,15). The van der Waals surface area contributed by atoms with E-state index in [1.165, 1.54) is 12.8 Å². The van der Waals surface area contributed by atoms with E-state index in [0.29, 0.717) is 12.6 Å². The van der Waals surface area contributed by atoms with Crippen LogP contribution in [0.3, 0.4) is 0 Å². The van der Waals surface area contributed by atoms with Crippen LogP contribution < -0.4 is 10.6 Å². The minimum atomic E-state index is 0.227. The van der Waals surface area contributed by atoms with Crippen molar-refractivity contribution in [2.24, 2.45) is 11.8 Å². The van der Waals surface area contributed by atoms with E-state index in [1.54, 1.807) is 0 Å². The van der Waals surface area contributed by atoms with Crippen molar-refractivity contribution in [3.8, 4) is 0 Å². The summed E-state index contributed by atoms with van der Waals surface area (Å²) in [5.74, 6) is 1.81. The fourth-order valence-electron chi connectivity index (χ4n) is 2.79. The molecule has 4 nitrogen and oxygen atoms in total. The highest BCUT2D eigenvalue weighted by Gasteiger charge is 2.36. The number of likely N-dealkylation sites (tertiary alicyclic amines) is 1. The van der Waals surface area contributed by atoms with Gasteiger partial charge in [0.1, 0.15) is 0 Å². The summed E-state index contributed by atoms with van der Waals surface area (Å²) in [4.78, 5) is 13.9. The molecule has 2 unspecified atom stereocenters. The Morgan fingerprint density at radius 2 is 1.93 bits per heavy atom. The maximum Gasteiger partial charge on any atom is 0.234 e. The second kappa shape index (κ2) is 3.76. The van der Waals surface area contributed by atoms with Crippen molar-refractivity contribution < 1.29 is 4.79 Å². The number of carbonyl (C=O) groups is 1. The zero-order valence-electron chi connectivity index (χ0n) is 9.04. The highest BCUT2D eigenvalue weighted by Crippen LogP contribution is 2.26. The maximum absolute atomic E-state index is 11.6. The van der Waals surface area contributed by atoms with Crippen LogP contribution in [-0.2, 0) is 4.79 Å². The van der Waals surface area contributed by atoms with Gasteiger partial charge in [0, 0.05) is 19.1 Å². The van der Waals surface area contributed by atoms with Crippen molar-refractivity contribution in [2.45, 2.75) is 18.9 Å². The third-order valence-electron chi connectivity index (χ3n) is 3.77. The van der Waals surface area contributed by atoms with E-state index in [9.17, 15) is 4.79 Å². The van der Waals surface area contributed by atoms with Crippen LogP contribution in [0.2, 0.25) is 0 Å². The first-order chi connectivity index (χ1) is 7.31. The van der Waals surface area contributed by atoms with E-state index in [4.69, 9.17) is 0 Å². The van der Waals surface area contributed by atoms with Crippen LogP contribution in [0.4, 0.5) is 0 Å². The van der Waals surface area contributed by atoms with Gasteiger partial charge in [-0.1, -0.05) is 0 Å². The third-order valence-corrected chi connectivity index (χ3v) is 3.77. The zero-order valence-corrected chi connectivity index (χ0v) is 9.04. The third kappa shape index (κ3) is 2.16. The molecule has 0 bridgehead atoms.